The zero-order valence-electron chi connectivity index (χ0n) is 13.6. The summed E-state index contributed by atoms with van der Waals surface area (Å²) in [5, 5.41) is 3.49. The van der Waals surface area contributed by atoms with Gasteiger partial charge in [-0.25, -0.2) is 0 Å². The largest absolute Gasteiger partial charge is 0.496 e. The fourth-order valence-corrected chi connectivity index (χ4v) is 2.49. The Balaban J connectivity index is 2.25. The minimum absolute atomic E-state index is 0.831. The van der Waals surface area contributed by atoms with Crippen LogP contribution in [-0.2, 0) is 6.54 Å². The van der Waals surface area contributed by atoms with Gasteiger partial charge in [0.05, 0.1) is 12.8 Å². The van der Waals surface area contributed by atoms with Gasteiger partial charge in [-0.05, 0) is 26.8 Å². The third kappa shape index (κ3) is 5.49. The molecule has 0 amide bonds. The molecule has 0 atom stereocenters. The minimum atomic E-state index is 0.831. The number of nitrogens with one attached hydrogen (secondary N) is 1. The first-order valence-corrected chi connectivity index (χ1v) is 7.90. The van der Waals surface area contributed by atoms with E-state index in [0.717, 1.165) is 35.7 Å². The minimum Gasteiger partial charge on any atom is -0.496 e. The second-order valence-electron chi connectivity index (χ2n) is 5.49. The molecule has 0 aliphatic heterocycles. The van der Waals surface area contributed by atoms with Gasteiger partial charge in [0.1, 0.15) is 5.75 Å². The lowest BCUT2D eigenvalue weighted by Crippen LogP contribution is -2.17. The number of pyridine rings is 1. The summed E-state index contributed by atoms with van der Waals surface area (Å²) in [7, 11) is 1.73. The highest BCUT2D eigenvalue weighted by atomic mass is 16.5. The number of hydrogen-bond acceptors (Lipinski definition) is 3. The van der Waals surface area contributed by atoms with Crippen LogP contribution in [-0.4, -0.2) is 18.6 Å². The monoisotopic (exact) mass is 278 g/mol. The van der Waals surface area contributed by atoms with Crippen molar-refractivity contribution in [2.24, 2.45) is 0 Å². The molecule has 3 heteroatoms. The number of methoxy groups -OCH3 is 1. The van der Waals surface area contributed by atoms with Gasteiger partial charge in [0.25, 0.3) is 0 Å². The van der Waals surface area contributed by atoms with Crippen molar-refractivity contribution in [3.63, 3.8) is 0 Å². The highest BCUT2D eigenvalue weighted by Crippen LogP contribution is 2.23. The topological polar surface area (TPSA) is 34.2 Å². The molecule has 114 valence electrons. The molecule has 1 heterocycles. The third-order valence-corrected chi connectivity index (χ3v) is 3.75. The fourth-order valence-electron chi connectivity index (χ4n) is 2.49. The fraction of sp³-hybridized carbons (Fsp3) is 0.706. The highest BCUT2D eigenvalue weighted by molar-refractivity contribution is 5.40. The van der Waals surface area contributed by atoms with Gasteiger partial charge in [-0.15, -0.1) is 0 Å². The van der Waals surface area contributed by atoms with Crippen LogP contribution in [0.1, 0.15) is 62.3 Å². The van der Waals surface area contributed by atoms with Crippen LogP contribution < -0.4 is 10.1 Å². The molecule has 0 unspecified atom stereocenters. The number of ether oxygens (including phenoxy) is 1. The van der Waals surface area contributed by atoms with Crippen molar-refractivity contribution in [1.29, 1.82) is 0 Å². The van der Waals surface area contributed by atoms with Gasteiger partial charge < -0.3 is 10.1 Å². The van der Waals surface area contributed by atoms with Gasteiger partial charge in [0.2, 0.25) is 0 Å². The first-order valence-electron chi connectivity index (χ1n) is 7.90. The smallest absolute Gasteiger partial charge is 0.128 e. The summed E-state index contributed by atoms with van der Waals surface area (Å²) < 4.78 is 5.43. The molecule has 0 saturated carbocycles. The molecule has 1 aromatic rings. The molecule has 3 nitrogen and oxygen atoms in total. The lowest BCUT2D eigenvalue weighted by atomic mass is 10.1. The van der Waals surface area contributed by atoms with E-state index >= 15 is 0 Å². The number of unbranched alkanes of at least 4 members (excludes halogenated alkanes) is 5. The van der Waals surface area contributed by atoms with Crippen LogP contribution in [0.2, 0.25) is 0 Å². The molecule has 0 aliphatic carbocycles. The molecular formula is C17H30N2O. The van der Waals surface area contributed by atoms with Gasteiger partial charge in [0.15, 0.2) is 0 Å². The summed E-state index contributed by atoms with van der Waals surface area (Å²) in [5.41, 5.74) is 3.35. The van der Waals surface area contributed by atoms with Crippen molar-refractivity contribution in [3.8, 4) is 5.75 Å². The van der Waals surface area contributed by atoms with Crippen molar-refractivity contribution in [2.75, 3.05) is 13.7 Å². The highest BCUT2D eigenvalue weighted by Gasteiger charge is 2.08. The maximum Gasteiger partial charge on any atom is 0.128 e. The summed E-state index contributed by atoms with van der Waals surface area (Å²) in [6.45, 7) is 8.28. The Labute approximate surface area is 124 Å². The number of aromatic nitrogens is 1. The van der Waals surface area contributed by atoms with Crippen molar-refractivity contribution in [3.05, 3.63) is 23.0 Å². The van der Waals surface area contributed by atoms with Gasteiger partial charge >= 0.3 is 0 Å². The Bertz CT molecular complexity index is 391. The normalized spacial score (nSPS) is 10.8. The van der Waals surface area contributed by atoms with E-state index in [-0.39, 0.29) is 0 Å². The predicted octanol–water partition coefficient (Wildman–Crippen LogP) is 4.16. The van der Waals surface area contributed by atoms with Gasteiger partial charge in [-0.1, -0.05) is 39.0 Å². The average Bonchev–Trinajstić information content (AvgIpc) is 2.44. The molecule has 20 heavy (non-hydrogen) atoms. The van der Waals surface area contributed by atoms with E-state index < -0.39 is 0 Å². The Morgan fingerprint density at radius 2 is 1.80 bits per heavy atom. The van der Waals surface area contributed by atoms with E-state index in [1.165, 1.54) is 38.5 Å². The molecule has 0 radical (unpaired) electrons. The van der Waals surface area contributed by atoms with Crippen LogP contribution in [0.3, 0.4) is 0 Å². The van der Waals surface area contributed by atoms with Gasteiger partial charge in [0, 0.05) is 23.9 Å². The first kappa shape index (κ1) is 17.0. The first-order chi connectivity index (χ1) is 9.70. The van der Waals surface area contributed by atoms with E-state index in [2.05, 4.69) is 24.1 Å². The van der Waals surface area contributed by atoms with Gasteiger partial charge in [-0.2, -0.15) is 0 Å². The van der Waals surface area contributed by atoms with E-state index in [1.807, 2.05) is 13.1 Å². The molecule has 1 N–H and O–H groups in total. The van der Waals surface area contributed by atoms with Crippen LogP contribution in [0.15, 0.2) is 6.20 Å². The zero-order valence-corrected chi connectivity index (χ0v) is 13.6. The quantitative estimate of drug-likeness (QED) is 0.653. The summed E-state index contributed by atoms with van der Waals surface area (Å²) in [4.78, 5) is 4.50. The van der Waals surface area contributed by atoms with Crippen molar-refractivity contribution < 1.29 is 4.74 Å². The zero-order chi connectivity index (χ0) is 14.8. The SMILES string of the molecule is CCCCCCCCNCc1ncc(C)c(OC)c1C. The standard InChI is InChI=1S/C17H30N2O/c1-5-6-7-8-9-10-11-18-13-16-15(3)17(20-4)14(2)12-19-16/h12,18H,5-11,13H2,1-4H3. The second kappa shape index (κ2) is 9.76. The van der Waals surface area contributed by atoms with Crippen LogP contribution in [0.5, 0.6) is 5.75 Å². The second-order valence-corrected chi connectivity index (χ2v) is 5.49. The summed E-state index contributed by atoms with van der Waals surface area (Å²) in [6, 6.07) is 0. The summed E-state index contributed by atoms with van der Waals surface area (Å²) in [6.07, 6.45) is 9.92. The molecule has 0 bridgehead atoms. The van der Waals surface area contributed by atoms with Gasteiger partial charge in [-0.3, -0.25) is 4.98 Å². The van der Waals surface area contributed by atoms with E-state index in [9.17, 15) is 0 Å². The van der Waals surface area contributed by atoms with Crippen LogP contribution >= 0.6 is 0 Å². The molecule has 0 aliphatic rings. The number of hydrogen-bond donors (Lipinski definition) is 1. The Morgan fingerprint density at radius 3 is 2.50 bits per heavy atom. The Kier molecular flexibility index (Phi) is 8.28. The van der Waals surface area contributed by atoms with E-state index in [0.29, 0.717) is 0 Å². The third-order valence-electron chi connectivity index (χ3n) is 3.75. The Hall–Kier alpha value is -1.09. The van der Waals surface area contributed by atoms with Crippen molar-refractivity contribution in [1.82, 2.24) is 10.3 Å². The maximum absolute atomic E-state index is 5.43. The Morgan fingerprint density at radius 1 is 1.10 bits per heavy atom. The molecule has 0 aromatic carbocycles. The number of nitrogens with zero attached hydrogens (tertiary/aromatic N) is 1. The van der Waals surface area contributed by atoms with Crippen LogP contribution in [0, 0.1) is 13.8 Å². The van der Waals surface area contributed by atoms with E-state index in [1.54, 1.807) is 7.11 Å². The maximum atomic E-state index is 5.43. The van der Waals surface area contributed by atoms with E-state index in [4.69, 9.17) is 4.74 Å². The number of rotatable bonds is 10. The summed E-state index contributed by atoms with van der Waals surface area (Å²) >= 11 is 0. The van der Waals surface area contributed by atoms with Crippen LogP contribution in [0.25, 0.3) is 0 Å². The van der Waals surface area contributed by atoms with Crippen molar-refractivity contribution >= 4 is 0 Å². The molecule has 0 saturated heterocycles. The molecule has 0 fully saturated rings. The lowest BCUT2D eigenvalue weighted by molar-refractivity contribution is 0.406. The lowest BCUT2D eigenvalue weighted by Gasteiger charge is -2.12. The summed E-state index contributed by atoms with van der Waals surface area (Å²) in [5.74, 6) is 0.969. The molecule has 0 spiro atoms. The van der Waals surface area contributed by atoms with Crippen molar-refractivity contribution in [2.45, 2.75) is 65.8 Å². The van der Waals surface area contributed by atoms with Crippen LogP contribution in [0.4, 0.5) is 0 Å². The molecule has 1 aromatic heterocycles. The number of aryl methyl sites for hydroxylation is 1. The molecular weight excluding hydrogens is 248 g/mol. The predicted molar refractivity (Wildman–Crippen MR) is 85.3 cm³/mol. The average molecular weight is 278 g/mol. The molecule has 1 rings (SSSR count).